The number of anilines is 2. The molecular formula is C20H18FN3O. The Balaban J connectivity index is 1.75. The van der Waals surface area contributed by atoms with E-state index in [4.69, 9.17) is 5.26 Å². The van der Waals surface area contributed by atoms with Crippen LogP contribution in [0.2, 0.25) is 0 Å². The first-order valence-corrected chi connectivity index (χ1v) is 8.57. The SMILES string of the molecule is N#Cc1ccc(N2C(=O)N(c3cccc(F)c3)C3CCCCC32)cc1. The van der Waals surface area contributed by atoms with E-state index in [0.717, 1.165) is 31.4 Å². The molecule has 2 unspecified atom stereocenters. The Kier molecular flexibility index (Phi) is 3.89. The zero-order valence-corrected chi connectivity index (χ0v) is 13.7. The van der Waals surface area contributed by atoms with Gasteiger partial charge in [0.1, 0.15) is 5.82 Å². The average Bonchev–Trinajstić information content (AvgIpc) is 2.93. The molecule has 2 fully saturated rings. The van der Waals surface area contributed by atoms with E-state index in [0.29, 0.717) is 11.3 Å². The molecule has 1 aliphatic heterocycles. The van der Waals surface area contributed by atoms with Gasteiger partial charge in [0.05, 0.1) is 23.7 Å². The minimum absolute atomic E-state index is 0.0543. The van der Waals surface area contributed by atoms with Crippen LogP contribution in [0, 0.1) is 17.1 Å². The summed E-state index contributed by atoms with van der Waals surface area (Å²) in [5, 5.41) is 8.98. The number of fused-ring (bicyclic) bond motifs is 1. The van der Waals surface area contributed by atoms with Gasteiger partial charge >= 0.3 is 6.03 Å². The van der Waals surface area contributed by atoms with E-state index in [2.05, 4.69) is 6.07 Å². The summed E-state index contributed by atoms with van der Waals surface area (Å²) in [6.45, 7) is 0. The van der Waals surface area contributed by atoms with Gasteiger partial charge in [-0.1, -0.05) is 18.9 Å². The number of carbonyl (C=O) groups is 1. The number of halogens is 1. The molecule has 0 radical (unpaired) electrons. The van der Waals surface area contributed by atoms with Gasteiger partial charge < -0.3 is 0 Å². The van der Waals surface area contributed by atoms with Crippen molar-refractivity contribution in [1.29, 1.82) is 5.26 Å². The molecular weight excluding hydrogens is 317 g/mol. The molecule has 5 heteroatoms. The predicted octanol–water partition coefficient (Wildman–Crippen LogP) is 4.46. The van der Waals surface area contributed by atoms with E-state index < -0.39 is 0 Å². The molecule has 1 saturated carbocycles. The molecule has 1 heterocycles. The molecule has 126 valence electrons. The second-order valence-electron chi connectivity index (χ2n) is 6.58. The molecule has 0 N–H and O–H groups in total. The standard InChI is InChI=1S/C20H18FN3O/c21-15-4-3-5-17(12-15)24-19-7-2-1-6-18(19)23(20(24)25)16-10-8-14(13-22)9-11-16/h3-5,8-12,18-19H,1-2,6-7H2. The first-order chi connectivity index (χ1) is 12.2. The van der Waals surface area contributed by atoms with Crippen molar-refractivity contribution >= 4 is 17.4 Å². The van der Waals surface area contributed by atoms with Gasteiger partial charge in [-0.05, 0) is 55.3 Å². The van der Waals surface area contributed by atoms with Gasteiger partial charge in [-0.15, -0.1) is 0 Å². The molecule has 0 bridgehead atoms. The molecule has 2 aliphatic rings. The maximum Gasteiger partial charge on any atom is 0.329 e. The normalized spacial score (nSPS) is 22.6. The Morgan fingerprint density at radius 3 is 2.20 bits per heavy atom. The van der Waals surface area contributed by atoms with Crippen LogP contribution in [0.3, 0.4) is 0 Å². The fourth-order valence-electron chi connectivity index (χ4n) is 4.02. The summed E-state index contributed by atoms with van der Waals surface area (Å²) in [5.74, 6) is -0.338. The van der Waals surface area contributed by atoms with Crippen LogP contribution in [0.1, 0.15) is 31.2 Å². The molecule has 0 spiro atoms. The largest absolute Gasteiger partial charge is 0.329 e. The van der Waals surface area contributed by atoms with Crippen molar-refractivity contribution in [2.75, 3.05) is 9.80 Å². The number of urea groups is 1. The summed E-state index contributed by atoms with van der Waals surface area (Å²) < 4.78 is 13.7. The third-order valence-corrected chi connectivity index (χ3v) is 5.13. The average molecular weight is 335 g/mol. The second kappa shape index (κ2) is 6.21. The molecule has 0 aromatic heterocycles. The van der Waals surface area contributed by atoms with Gasteiger partial charge in [0.15, 0.2) is 0 Å². The number of benzene rings is 2. The predicted molar refractivity (Wildman–Crippen MR) is 94.0 cm³/mol. The zero-order valence-electron chi connectivity index (χ0n) is 13.7. The smallest absolute Gasteiger partial charge is 0.289 e. The Morgan fingerprint density at radius 1 is 0.960 bits per heavy atom. The van der Waals surface area contributed by atoms with Crippen molar-refractivity contribution in [3.05, 3.63) is 59.9 Å². The molecule has 2 amide bonds. The summed E-state index contributed by atoms with van der Waals surface area (Å²) in [6.07, 6.45) is 4.00. The molecule has 4 rings (SSSR count). The third-order valence-electron chi connectivity index (χ3n) is 5.13. The lowest BCUT2D eigenvalue weighted by Crippen LogP contribution is -2.40. The highest BCUT2D eigenvalue weighted by atomic mass is 19.1. The molecule has 2 atom stereocenters. The monoisotopic (exact) mass is 335 g/mol. The van der Waals surface area contributed by atoms with Crippen LogP contribution in [0.25, 0.3) is 0 Å². The maximum atomic E-state index is 13.7. The van der Waals surface area contributed by atoms with E-state index in [1.54, 1.807) is 29.2 Å². The van der Waals surface area contributed by atoms with E-state index in [1.807, 2.05) is 17.0 Å². The Hall–Kier alpha value is -2.87. The summed E-state index contributed by atoms with van der Waals surface area (Å²) in [5.41, 5.74) is 1.97. The number of hydrogen-bond acceptors (Lipinski definition) is 2. The van der Waals surface area contributed by atoms with Gasteiger partial charge in [0, 0.05) is 11.4 Å². The first kappa shape index (κ1) is 15.6. The Bertz CT molecular complexity index is 843. The minimum atomic E-state index is -0.338. The number of nitrogens with zero attached hydrogens (tertiary/aromatic N) is 3. The maximum absolute atomic E-state index is 13.7. The fraction of sp³-hybridized carbons (Fsp3) is 0.300. The zero-order chi connectivity index (χ0) is 17.4. The van der Waals surface area contributed by atoms with Crippen LogP contribution in [-0.4, -0.2) is 18.1 Å². The number of amides is 2. The number of nitriles is 1. The van der Waals surface area contributed by atoms with Gasteiger partial charge in [-0.3, -0.25) is 9.80 Å². The quantitative estimate of drug-likeness (QED) is 0.814. The van der Waals surface area contributed by atoms with Crippen molar-refractivity contribution < 1.29 is 9.18 Å². The molecule has 25 heavy (non-hydrogen) atoms. The van der Waals surface area contributed by atoms with Crippen LogP contribution < -0.4 is 9.80 Å². The minimum Gasteiger partial charge on any atom is -0.289 e. The molecule has 2 aromatic carbocycles. The summed E-state index contributed by atoms with van der Waals surface area (Å²) in [6, 6.07) is 15.4. The van der Waals surface area contributed by atoms with E-state index >= 15 is 0 Å². The fourth-order valence-corrected chi connectivity index (χ4v) is 4.02. The number of hydrogen-bond donors (Lipinski definition) is 0. The van der Waals surface area contributed by atoms with Crippen LogP contribution >= 0.6 is 0 Å². The summed E-state index contributed by atoms with van der Waals surface area (Å²) in [4.78, 5) is 16.8. The lowest BCUT2D eigenvalue weighted by atomic mass is 9.89. The lowest BCUT2D eigenvalue weighted by molar-refractivity contribution is 0.255. The van der Waals surface area contributed by atoms with Crippen LogP contribution in [0.5, 0.6) is 0 Å². The van der Waals surface area contributed by atoms with Crippen LogP contribution in [0.4, 0.5) is 20.6 Å². The molecule has 1 aliphatic carbocycles. The Labute approximate surface area is 146 Å². The van der Waals surface area contributed by atoms with Crippen molar-refractivity contribution in [1.82, 2.24) is 0 Å². The lowest BCUT2D eigenvalue weighted by Gasteiger charge is -2.31. The second-order valence-corrected chi connectivity index (χ2v) is 6.58. The van der Waals surface area contributed by atoms with Gasteiger partial charge in [-0.25, -0.2) is 9.18 Å². The highest BCUT2D eigenvalue weighted by Crippen LogP contribution is 2.39. The van der Waals surface area contributed by atoms with Crippen LogP contribution in [-0.2, 0) is 0 Å². The number of carbonyl (C=O) groups excluding carboxylic acids is 1. The van der Waals surface area contributed by atoms with Crippen molar-refractivity contribution in [3.63, 3.8) is 0 Å². The van der Waals surface area contributed by atoms with E-state index in [9.17, 15) is 9.18 Å². The highest BCUT2D eigenvalue weighted by molar-refractivity contribution is 6.07. The van der Waals surface area contributed by atoms with E-state index in [-0.39, 0.29) is 23.9 Å². The first-order valence-electron chi connectivity index (χ1n) is 8.57. The number of rotatable bonds is 2. The highest BCUT2D eigenvalue weighted by Gasteiger charge is 2.47. The van der Waals surface area contributed by atoms with Gasteiger partial charge in [-0.2, -0.15) is 5.26 Å². The molecule has 2 aromatic rings. The van der Waals surface area contributed by atoms with Crippen molar-refractivity contribution in [3.8, 4) is 6.07 Å². The molecule has 4 nitrogen and oxygen atoms in total. The topological polar surface area (TPSA) is 47.3 Å². The van der Waals surface area contributed by atoms with Gasteiger partial charge in [0.25, 0.3) is 0 Å². The van der Waals surface area contributed by atoms with Crippen LogP contribution in [0.15, 0.2) is 48.5 Å². The third kappa shape index (κ3) is 2.64. The molecule has 1 saturated heterocycles. The Morgan fingerprint density at radius 2 is 1.60 bits per heavy atom. The van der Waals surface area contributed by atoms with Crippen molar-refractivity contribution in [2.24, 2.45) is 0 Å². The summed E-state index contributed by atoms with van der Waals surface area (Å²) >= 11 is 0. The van der Waals surface area contributed by atoms with Gasteiger partial charge in [0.2, 0.25) is 0 Å². The van der Waals surface area contributed by atoms with Crippen molar-refractivity contribution in [2.45, 2.75) is 37.8 Å². The van der Waals surface area contributed by atoms with E-state index in [1.165, 1.54) is 12.1 Å². The summed E-state index contributed by atoms with van der Waals surface area (Å²) in [7, 11) is 0.